The van der Waals surface area contributed by atoms with Gasteiger partial charge in [-0.25, -0.2) is 4.98 Å². The summed E-state index contributed by atoms with van der Waals surface area (Å²) in [6, 6.07) is -0.0777. The SMILES string of the molecule is C=CC(C)NC(=O)c1n[nH]c(CC)n1. The lowest BCUT2D eigenvalue weighted by Crippen LogP contribution is -2.31. The van der Waals surface area contributed by atoms with Gasteiger partial charge >= 0.3 is 0 Å². The van der Waals surface area contributed by atoms with E-state index in [9.17, 15) is 4.79 Å². The largest absolute Gasteiger partial charge is 0.343 e. The molecule has 0 aliphatic heterocycles. The molecular weight excluding hydrogens is 180 g/mol. The van der Waals surface area contributed by atoms with Gasteiger partial charge in [0.1, 0.15) is 5.82 Å². The van der Waals surface area contributed by atoms with Crippen LogP contribution >= 0.6 is 0 Å². The van der Waals surface area contributed by atoms with Crippen molar-refractivity contribution in [2.45, 2.75) is 26.3 Å². The molecule has 0 saturated carbocycles. The summed E-state index contributed by atoms with van der Waals surface area (Å²) in [7, 11) is 0. The van der Waals surface area contributed by atoms with Crippen LogP contribution < -0.4 is 5.32 Å². The molecule has 0 aliphatic carbocycles. The molecule has 5 nitrogen and oxygen atoms in total. The van der Waals surface area contributed by atoms with Crippen LogP contribution in [0.3, 0.4) is 0 Å². The van der Waals surface area contributed by atoms with E-state index in [0.717, 1.165) is 6.42 Å². The number of rotatable bonds is 4. The molecule has 1 aromatic rings. The minimum atomic E-state index is -0.284. The second-order valence-corrected chi connectivity index (χ2v) is 2.96. The Morgan fingerprint density at radius 3 is 3.00 bits per heavy atom. The van der Waals surface area contributed by atoms with Crippen molar-refractivity contribution in [3.63, 3.8) is 0 Å². The van der Waals surface area contributed by atoms with Gasteiger partial charge in [0.2, 0.25) is 5.82 Å². The lowest BCUT2D eigenvalue weighted by atomic mass is 10.3. The Hall–Kier alpha value is -1.65. The fourth-order valence-corrected chi connectivity index (χ4v) is 0.885. The Kier molecular flexibility index (Phi) is 3.39. The summed E-state index contributed by atoms with van der Waals surface area (Å²) in [4.78, 5) is 15.4. The van der Waals surface area contributed by atoms with E-state index in [2.05, 4.69) is 27.1 Å². The van der Waals surface area contributed by atoms with Crippen molar-refractivity contribution in [2.24, 2.45) is 0 Å². The fraction of sp³-hybridized carbons (Fsp3) is 0.444. The van der Waals surface area contributed by atoms with Crippen molar-refractivity contribution in [2.75, 3.05) is 0 Å². The number of H-pyrrole nitrogens is 1. The van der Waals surface area contributed by atoms with Crippen LogP contribution in [0.5, 0.6) is 0 Å². The van der Waals surface area contributed by atoms with Gasteiger partial charge in [0, 0.05) is 12.5 Å². The van der Waals surface area contributed by atoms with Crippen LogP contribution in [-0.4, -0.2) is 27.1 Å². The van der Waals surface area contributed by atoms with Crippen LogP contribution in [0.4, 0.5) is 0 Å². The van der Waals surface area contributed by atoms with Crippen LogP contribution in [0.15, 0.2) is 12.7 Å². The van der Waals surface area contributed by atoms with Crippen molar-refractivity contribution in [3.05, 3.63) is 24.3 Å². The number of carbonyl (C=O) groups excluding carboxylic acids is 1. The zero-order chi connectivity index (χ0) is 10.6. The van der Waals surface area contributed by atoms with Gasteiger partial charge in [0.05, 0.1) is 0 Å². The van der Waals surface area contributed by atoms with Gasteiger partial charge in [-0.2, -0.15) is 0 Å². The summed E-state index contributed by atoms with van der Waals surface area (Å²) < 4.78 is 0. The second kappa shape index (κ2) is 4.55. The standard InChI is InChI=1S/C9H14N4O/c1-4-6(3)10-9(14)8-11-7(5-2)12-13-8/h4,6H,1,5H2,2-3H3,(H,10,14)(H,11,12,13). The molecule has 0 spiro atoms. The number of nitrogens with one attached hydrogen (secondary N) is 2. The van der Waals surface area contributed by atoms with Crippen LogP contribution in [0.2, 0.25) is 0 Å². The number of aryl methyl sites for hydroxylation is 1. The highest BCUT2D eigenvalue weighted by atomic mass is 16.2. The quantitative estimate of drug-likeness (QED) is 0.692. The number of carbonyl (C=O) groups is 1. The Labute approximate surface area is 82.6 Å². The highest BCUT2D eigenvalue weighted by Gasteiger charge is 2.12. The minimum absolute atomic E-state index is 0.0777. The van der Waals surface area contributed by atoms with E-state index in [-0.39, 0.29) is 17.8 Å². The minimum Gasteiger partial charge on any atom is -0.343 e. The van der Waals surface area contributed by atoms with Gasteiger partial charge in [-0.3, -0.25) is 9.89 Å². The van der Waals surface area contributed by atoms with Gasteiger partial charge < -0.3 is 5.32 Å². The molecule has 5 heteroatoms. The van der Waals surface area contributed by atoms with E-state index in [1.807, 2.05) is 13.8 Å². The zero-order valence-corrected chi connectivity index (χ0v) is 8.37. The monoisotopic (exact) mass is 194 g/mol. The average Bonchev–Trinajstić information content (AvgIpc) is 2.65. The number of aromatic amines is 1. The molecule has 1 aromatic heterocycles. The molecule has 1 atom stereocenters. The molecule has 0 fully saturated rings. The van der Waals surface area contributed by atoms with Crippen molar-refractivity contribution in [1.29, 1.82) is 0 Å². The molecular formula is C9H14N4O. The Morgan fingerprint density at radius 1 is 1.79 bits per heavy atom. The van der Waals surface area contributed by atoms with Gasteiger partial charge in [-0.05, 0) is 6.92 Å². The van der Waals surface area contributed by atoms with Gasteiger partial charge in [-0.1, -0.05) is 13.0 Å². The normalized spacial score (nSPS) is 12.1. The van der Waals surface area contributed by atoms with Gasteiger partial charge in [-0.15, -0.1) is 11.7 Å². The number of hydrogen-bond donors (Lipinski definition) is 2. The van der Waals surface area contributed by atoms with Crippen molar-refractivity contribution >= 4 is 5.91 Å². The first-order valence-electron chi connectivity index (χ1n) is 4.52. The first-order valence-corrected chi connectivity index (χ1v) is 4.52. The zero-order valence-electron chi connectivity index (χ0n) is 8.37. The van der Waals surface area contributed by atoms with Crippen molar-refractivity contribution < 1.29 is 4.79 Å². The molecule has 1 unspecified atom stereocenters. The predicted molar refractivity (Wildman–Crippen MR) is 52.9 cm³/mol. The highest BCUT2D eigenvalue weighted by Crippen LogP contribution is 1.94. The van der Waals surface area contributed by atoms with Gasteiger partial charge in [0.15, 0.2) is 0 Å². The molecule has 76 valence electrons. The molecule has 0 radical (unpaired) electrons. The third-order valence-electron chi connectivity index (χ3n) is 1.78. The Balaban J connectivity index is 2.64. The summed E-state index contributed by atoms with van der Waals surface area (Å²) in [6.45, 7) is 7.34. The maximum atomic E-state index is 11.4. The lowest BCUT2D eigenvalue weighted by Gasteiger charge is -2.05. The predicted octanol–water partition coefficient (Wildman–Crippen LogP) is 0.671. The van der Waals surface area contributed by atoms with Crippen LogP contribution in [-0.2, 0) is 6.42 Å². The van der Waals surface area contributed by atoms with E-state index >= 15 is 0 Å². The van der Waals surface area contributed by atoms with E-state index < -0.39 is 0 Å². The maximum absolute atomic E-state index is 11.4. The van der Waals surface area contributed by atoms with Crippen molar-refractivity contribution in [1.82, 2.24) is 20.5 Å². The molecule has 0 saturated heterocycles. The van der Waals surface area contributed by atoms with E-state index in [0.29, 0.717) is 5.82 Å². The molecule has 2 N–H and O–H groups in total. The summed E-state index contributed by atoms with van der Waals surface area (Å²) in [6.07, 6.45) is 2.38. The molecule has 1 heterocycles. The summed E-state index contributed by atoms with van der Waals surface area (Å²) in [5.74, 6) is 0.602. The summed E-state index contributed by atoms with van der Waals surface area (Å²) >= 11 is 0. The molecule has 0 aliphatic rings. The third-order valence-corrected chi connectivity index (χ3v) is 1.78. The number of nitrogens with zero attached hydrogens (tertiary/aromatic N) is 2. The third kappa shape index (κ3) is 2.42. The highest BCUT2D eigenvalue weighted by molar-refractivity contribution is 5.90. The van der Waals surface area contributed by atoms with E-state index in [4.69, 9.17) is 0 Å². The first kappa shape index (κ1) is 10.4. The van der Waals surface area contributed by atoms with E-state index in [1.165, 1.54) is 0 Å². The molecule has 0 aromatic carbocycles. The molecule has 0 bridgehead atoms. The lowest BCUT2D eigenvalue weighted by molar-refractivity contribution is 0.0937. The fourth-order valence-electron chi connectivity index (χ4n) is 0.885. The smallest absolute Gasteiger partial charge is 0.291 e. The summed E-state index contributed by atoms with van der Waals surface area (Å²) in [5.41, 5.74) is 0. The van der Waals surface area contributed by atoms with Crippen molar-refractivity contribution in [3.8, 4) is 0 Å². The summed E-state index contributed by atoms with van der Waals surface area (Å²) in [5, 5.41) is 9.15. The Morgan fingerprint density at radius 2 is 2.50 bits per heavy atom. The van der Waals surface area contributed by atoms with Crippen LogP contribution in [0, 0.1) is 0 Å². The molecule has 14 heavy (non-hydrogen) atoms. The molecule has 1 amide bonds. The van der Waals surface area contributed by atoms with Gasteiger partial charge in [0.25, 0.3) is 5.91 Å². The van der Waals surface area contributed by atoms with Crippen LogP contribution in [0.1, 0.15) is 30.3 Å². The Bertz CT molecular complexity index is 331. The molecule has 1 rings (SSSR count). The van der Waals surface area contributed by atoms with Crippen LogP contribution in [0.25, 0.3) is 0 Å². The maximum Gasteiger partial charge on any atom is 0.291 e. The van der Waals surface area contributed by atoms with E-state index in [1.54, 1.807) is 6.08 Å². The topological polar surface area (TPSA) is 70.7 Å². The first-order chi connectivity index (χ1) is 6.67. The number of hydrogen-bond acceptors (Lipinski definition) is 3. The average molecular weight is 194 g/mol. The number of aromatic nitrogens is 3. The second-order valence-electron chi connectivity index (χ2n) is 2.96. The number of amides is 1.